The SMILES string of the molecule is CC(=O)N1CCC[C@@H](C(=O)NCC2(c3ccccc3)CCCCC2)C1. The summed E-state index contributed by atoms with van der Waals surface area (Å²) in [6.45, 7) is 3.66. The zero-order valence-electron chi connectivity index (χ0n) is 15.3. The van der Waals surface area contributed by atoms with Crippen LogP contribution >= 0.6 is 0 Å². The van der Waals surface area contributed by atoms with Gasteiger partial charge in [0, 0.05) is 32.0 Å². The Labute approximate surface area is 151 Å². The summed E-state index contributed by atoms with van der Waals surface area (Å²) in [5.74, 6) is 0.131. The largest absolute Gasteiger partial charge is 0.355 e. The number of carbonyl (C=O) groups excluding carboxylic acids is 2. The van der Waals surface area contributed by atoms with Gasteiger partial charge in [-0.15, -0.1) is 0 Å². The lowest BCUT2D eigenvalue weighted by atomic mass is 9.69. The lowest BCUT2D eigenvalue weighted by Crippen LogP contribution is -2.48. The van der Waals surface area contributed by atoms with E-state index in [1.165, 1.54) is 24.8 Å². The monoisotopic (exact) mass is 342 g/mol. The van der Waals surface area contributed by atoms with Crippen molar-refractivity contribution in [2.45, 2.75) is 57.3 Å². The molecule has 0 unspecified atom stereocenters. The first-order valence-corrected chi connectivity index (χ1v) is 9.69. The summed E-state index contributed by atoms with van der Waals surface area (Å²) in [5, 5.41) is 3.24. The van der Waals surface area contributed by atoms with Crippen molar-refractivity contribution in [1.82, 2.24) is 10.2 Å². The number of likely N-dealkylation sites (tertiary alicyclic amines) is 1. The molecule has 4 heteroatoms. The third-order valence-corrected chi connectivity index (χ3v) is 6.04. The molecule has 1 aliphatic heterocycles. The van der Waals surface area contributed by atoms with Crippen molar-refractivity contribution >= 4 is 11.8 Å². The fourth-order valence-electron chi connectivity index (χ4n) is 4.47. The molecule has 1 heterocycles. The Morgan fingerprint density at radius 2 is 1.84 bits per heavy atom. The molecule has 1 N–H and O–H groups in total. The lowest BCUT2D eigenvalue weighted by Gasteiger charge is -2.39. The van der Waals surface area contributed by atoms with Gasteiger partial charge < -0.3 is 10.2 Å². The molecule has 2 aliphatic rings. The fourth-order valence-corrected chi connectivity index (χ4v) is 4.47. The highest BCUT2D eigenvalue weighted by Gasteiger charge is 2.35. The van der Waals surface area contributed by atoms with Gasteiger partial charge in [0.2, 0.25) is 11.8 Å². The number of carbonyl (C=O) groups is 2. The predicted octanol–water partition coefficient (Wildman–Crippen LogP) is 3.26. The highest BCUT2D eigenvalue weighted by atomic mass is 16.2. The molecule has 0 radical (unpaired) electrons. The highest BCUT2D eigenvalue weighted by Crippen LogP contribution is 2.39. The molecule has 4 nitrogen and oxygen atoms in total. The first-order chi connectivity index (χ1) is 12.1. The van der Waals surface area contributed by atoms with Crippen molar-refractivity contribution in [1.29, 1.82) is 0 Å². The molecule has 1 atom stereocenters. The quantitative estimate of drug-likeness (QED) is 0.913. The molecule has 2 fully saturated rings. The van der Waals surface area contributed by atoms with Crippen LogP contribution < -0.4 is 5.32 Å². The summed E-state index contributed by atoms with van der Waals surface area (Å²) < 4.78 is 0. The Hall–Kier alpha value is -1.84. The smallest absolute Gasteiger partial charge is 0.224 e. The number of piperidine rings is 1. The Bertz CT molecular complexity index is 593. The minimum atomic E-state index is -0.0611. The summed E-state index contributed by atoms with van der Waals surface area (Å²) in [4.78, 5) is 26.1. The maximum atomic E-state index is 12.7. The van der Waals surface area contributed by atoms with E-state index in [4.69, 9.17) is 0 Å². The third-order valence-electron chi connectivity index (χ3n) is 6.04. The molecular weight excluding hydrogens is 312 g/mol. The summed E-state index contributed by atoms with van der Waals surface area (Å²) in [7, 11) is 0. The van der Waals surface area contributed by atoms with Gasteiger partial charge in [-0.2, -0.15) is 0 Å². The summed E-state index contributed by atoms with van der Waals surface area (Å²) in [6.07, 6.45) is 7.83. The van der Waals surface area contributed by atoms with Crippen LogP contribution in [0.15, 0.2) is 30.3 Å². The zero-order chi connectivity index (χ0) is 17.7. The van der Waals surface area contributed by atoms with E-state index in [-0.39, 0.29) is 23.1 Å². The summed E-state index contributed by atoms with van der Waals surface area (Å²) in [6, 6.07) is 10.7. The predicted molar refractivity (Wildman–Crippen MR) is 99.2 cm³/mol. The Morgan fingerprint density at radius 3 is 2.52 bits per heavy atom. The molecule has 3 rings (SSSR count). The van der Waals surface area contributed by atoms with Crippen LogP contribution in [0.3, 0.4) is 0 Å². The average molecular weight is 342 g/mol. The second kappa shape index (κ2) is 8.03. The summed E-state index contributed by atoms with van der Waals surface area (Å²) in [5.41, 5.74) is 1.42. The molecule has 136 valence electrons. The molecule has 1 saturated carbocycles. The number of hydrogen-bond donors (Lipinski definition) is 1. The van der Waals surface area contributed by atoms with Crippen LogP contribution in [0.2, 0.25) is 0 Å². The van der Waals surface area contributed by atoms with Gasteiger partial charge in [0.1, 0.15) is 0 Å². The first-order valence-electron chi connectivity index (χ1n) is 9.69. The molecule has 25 heavy (non-hydrogen) atoms. The van der Waals surface area contributed by atoms with Gasteiger partial charge in [-0.3, -0.25) is 9.59 Å². The van der Waals surface area contributed by atoms with Gasteiger partial charge in [0.25, 0.3) is 0 Å². The van der Waals surface area contributed by atoms with E-state index in [0.717, 1.165) is 32.2 Å². The highest BCUT2D eigenvalue weighted by molar-refractivity contribution is 5.80. The van der Waals surface area contributed by atoms with E-state index < -0.39 is 0 Å². The van der Waals surface area contributed by atoms with Crippen LogP contribution in [0.1, 0.15) is 57.4 Å². The topological polar surface area (TPSA) is 49.4 Å². The zero-order valence-corrected chi connectivity index (χ0v) is 15.3. The first kappa shape index (κ1) is 18.0. The molecule has 2 amide bonds. The van der Waals surface area contributed by atoms with Crippen molar-refractivity contribution in [2.24, 2.45) is 5.92 Å². The van der Waals surface area contributed by atoms with Gasteiger partial charge in [0.05, 0.1) is 5.92 Å². The van der Waals surface area contributed by atoms with Crippen LogP contribution in [-0.2, 0) is 15.0 Å². The van der Waals surface area contributed by atoms with Gasteiger partial charge >= 0.3 is 0 Å². The van der Waals surface area contributed by atoms with Crippen molar-refractivity contribution in [3.05, 3.63) is 35.9 Å². The van der Waals surface area contributed by atoms with E-state index in [0.29, 0.717) is 13.1 Å². The minimum Gasteiger partial charge on any atom is -0.355 e. The molecule has 1 aromatic rings. The van der Waals surface area contributed by atoms with Crippen molar-refractivity contribution in [3.63, 3.8) is 0 Å². The Balaban J connectivity index is 1.65. The lowest BCUT2D eigenvalue weighted by molar-refractivity contribution is -0.134. The van der Waals surface area contributed by atoms with E-state index in [9.17, 15) is 9.59 Å². The fraction of sp³-hybridized carbons (Fsp3) is 0.619. The van der Waals surface area contributed by atoms with Crippen LogP contribution in [0.5, 0.6) is 0 Å². The third kappa shape index (κ3) is 4.23. The van der Waals surface area contributed by atoms with Crippen molar-refractivity contribution in [2.75, 3.05) is 19.6 Å². The van der Waals surface area contributed by atoms with Gasteiger partial charge in [-0.05, 0) is 31.2 Å². The summed E-state index contributed by atoms with van der Waals surface area (Å²) >= 11 is 0. The maximum absolute atomic E-state index is 12.7. The van der Waals surface area contributed by atoms with Crippen LogP contribution in [-0.4, -0.2) is 36.3 Å². The number of nitrogens with one attached hydrogen (secondary N) is 1. The molecule has 1 saturated heterocycles. The van der Waals surface area contributed by atoms with E-state index in [2.05, 4.69) is 35.6 Å². The molecule has 1 aliphatic carbocycles. The Morgan fingerprint density at radius 1 is 1.12 bits per heavy atom. The van der Waals surface area contributed by atoms with E-state index in [1.54, 1.807) is 11.8 Å². The van der Waals surface area contributed by atoms with Gasteiger partial charge in [-0.1, -0.05) is 49.6 Å². The van der Waals surface area contributed by atoms with E-state index >= 15 is 0 Å². The standard InChI is InChI=1S/C21H30N2O2/c1-17(24)23-14-8-9-18(15-23)20(25)22-16-21(12-6-3-7-13-21)19-10-4-2-5-11-19/h2,4-5,10-11,18H,3,6-9,12-16H2,1H3,(H,22,25)/t18-/m1/s1. The van der Waals surface area contributed by atoms with Crippen LogP contribution in [0, 0.1) is 5.92 Å². The molecule has 0 spiro atoms. The van der Waals surface area contributed by atoms with Crippen LogP contribution in [0.25, 0.3) is 0 Å². The second-order valence-corrected chi connectivity index (χ2v) is 7.73. The number of hydrogen-bond acceptors (Lipinski definition) is 2. The second-order valence-electron chi connectivity index (χ2n) is 7.73. The number of amides is 2. The normalized spacial score (nSPS) is 23.1. The van der Waals surface area contributed by atoms with E-state index in [1.807, 2.05) is 0 Å². The minimum absolute atomic E-state index is 0.0611. The Kier molecular flexibility index (Phi) is 5.77. The maximum Gasteiger partial charge on any atom is 0.224 e. The molecule has 1 aromatic carbocycles. The number of rotatable bonds is 4. The van der Waals surface area contributed by atoms with Crippen molar-refractivity contribution in [3.8, 4) is 0 Å². The number of benzene rings is 1. The number of nitrogens with zero attached hydrogens (tertiary/aromatic N) is 1. The van der Waals surface area contributed by atoms with Gasteiger partial charge in [-0.25, -0.2) is 0 Å². The average Bonchev–Trinajstić information content (AvgIpc) is 2.67. The molecule has 0 aromatic heterocycles. The van der Waals surface area contributed by atoms with Crippen molar-refractivity contribution < 1.29 is 9.59 Å². The van der Waals surface area contributed by atoms with Crippen LogP contribution in [0.4, 0.5) is 0 Å². The molecular formula is C21H30N2O2. The van der Waals surface area contributed by atoms with Gasteiger partial charge in [0.15, 0.2) is 0 Å². The molecule has 0 bridgehead atoms.